The summed E-state index contributed by atoms with van der Waals surface area (Å²) >= 11 is 0. The van der Waals surface area contributed by atoms with Gasteiger partial charge in [-0.2, -0.15) is 0 Å². The Kier molecular flexibility index (Phi) is 6.77. The molecule has 2 amide bonds. The van der Waals surface area contributed by atoms with Gasteiger partial charge in [0.25, 0.3) is 0 Å². The van der Waals surface area contributed by atoms with Crippen LogP contribution >= 0.6 is 0 Å². The summed E-state index contributed by atoms with van der Waals surface area (Å²) < 4.78 is 0. The number of nitrogens with zero attached hydrogens (tertiary/aromatic N) is 2. The lowest BCUT2D eigenvalue weighted by Gasteiger charge is -2.38. The second kappa shape index (κ2) is 9.05. The van der Waals surface area contributed by atoms with Gasteiger partial charge in [0.15, 0.2) is 0 Å². The summed E-state index contributed by atoms with van der Waals surface area (Å²) in [6, 6.07) is 0. The van der Waals surface area contributed by atoms with Gasteiger partial charge in [-0.3, -0.25) is 9.59 Å². The molecule has 0 radical (unpaired) electrons. The summed E-state index contributed by atoms with van der Waals surface area (Å²) in [5.74, 6) is 2.07. The highest BCUT2D eigenvalue weighted by atomic mass is 16.2. The minimum absolute atomic E-state index is 0.245. The van der Waals surface area contributed by atoms with E-state index in [1.807, 2.05) is 9.80 Å². The molecule has 3 fully saturated rings. The lowest BCUT2D eigenvalue weighted by atomic mass is 9.79. The highest BCUT2D eigenvalue weighted by molar-refractivity contribution is 5.81. The van der Waals surface area contributed by atoms with Crippen molar-refractivity contribution in [2.75, 3.05) is 26.2 Å². The van der Waals surface area contributed by atoms with Crippen LogP contribution in [-0.4, -0.2) is 47.8 Å². The number of rotatable bonds is 5. The second-order valence-corrected chi connectivity index (χ2v) is 8.49. The molecule has 4 heteroatoms. The van der Waals surface area contributed by atoms with Crippen LogP contribution in [-0.2, 0) is 9.59 Å². The van der Waals surface area contributed by atoms with Crippen molar-refractivity contribution < 1.29 is 9.59 Å². The average Bonchev–Trinajstić information content (AvgIpc) is 3.20. The zero-order valence-corrected chi connectivity index (χ0v) is 16.0. The normalized spacial score (nSPS) is 28.4. The van der Waals surface area contributed by atoms with Crippen molar-refractivity contribution in [1.29, 1.82) is 0 Å². The number of piperazine rings is 1. The predicted molar refractivity (Wildman–Crippen MR) is 100 cm³/mol. The Hall–Kier alpha value is -1.06. The highest BCUT2D eigenvalue weighted by Crippen LogP contribution is 2.33. The summed E-state index contributed by atoms with van der Waals surface area (Å²) in [5, 5.41) is 0. The van der Waals surface area contributed by atoms with E-state index in [1.54, 1.807) is 0 Å². The third-order valence-corrected chi connectivity index (χ3v) is 6.77. The number of amides is 2. The van der Waals surface area contributed by atoms with Crippen LogP contribution in [0.25, 0.3) is 0 Å². The molecule has 1 saturated heterocycles. The van der Waals surface area contributed by atoms with Crippen LogP contribution in [0.2, 0.25) is 0 Å². The molecule has 25 heavy (non-hydrogen) atoms. The van der Waals surface area contributed by atoms with Crippen molar-refractivity contribution in [2.24, 2.45) is 17.8 Å². The Morgan fingerprint density at radius 2 is 1.24 bits per heavy atom. The highest BCUT2D eigenvalue weighted by Gasteiger charge is 2.33. The largest absolute Gasteiger partial charge is 0.339 e. The fourth-order valence-corrected chi connectivity index (χ4v) is 5.03. The molecule has 0 atom stereocenters. The molecule has 0 aromatic carbocycles. The number of carbonyl (C=O) groups is 2. The SMILES string of the molecule is CCCCC1CCC(C(=O)N2CCN(C(=O)C3CCCC3)CC2)CC1. The summed E-state index contributed by atoms with van der Waals surface area (Å²) in [5.41, 5.74) is 0. The zero-order valence-electron chi connectivity index (χ0n) is 16.0. The predicted octanol–water partition coefficient (Wildman–Crippen LogP) is 3.84. The smallest absolute Gasteiger partial charge is 0.225 e. The Morgan fingerprint density at radius 3 is 1.72 bits per heavy atom. The monoisotopic (exact) mass is 348 g/mol. The van der Waals surface area contributed by atoms with Gasteiger partial charge in [0, 0.05) is 38.0 Å². The minimum atomic E-state index is 0.245. The van der Waals surface area contributed by atoms with Gasteiger partial charge in [-0.05, 0) is 44.4 Å². The van der Waals surface area contributed by atoms with Crippen LogP contribution in [0, 0.1) is 17.8 Å². The van der Waals surface area contributed by atoms with Gasteiger partial charge in [0.2, 0.25) is 11.8 Å². The summed E-state index contributed by atoms with van der Waals surface area (Å²) in [4.78, 5) is 29.4. The molecule has 0 bridgehead atoms. The maximum Gasteiger partial charge on any atom is 0.225 e. The number of carbonyl (C=O) groups excluding carboxylic acids is 2. The topological polar surface area (TPSA) is 40.6 Å². The van der Waals surface area contributed by atoms with Gasteiger partial charge in [-0.15, -0.1) is 0 Å². The lowest BCUT2D eigenvalue weighted by molar-refractivity contribution is -0.144. The molecule has 1 heterocycles. The van der Waals surface area contributed by atoms with Crippen molar-refractivity contribution in [3.8, 4) is 0 Å². The number of unbranched alkanes of at least 4 members (excludes halogenated alkanes) is 1. The van der Waals surface area contributed by atoms with Crippen LogP contribution in [0.3, 0.4) is 0 Å². The van der Waals surface area contributed by atoms with E-state index in [2.05, 4.69) is 6.92 Å². The van der Waals surface area contributed by atoms with Gasteiger partial charge in [-0.1, -0.05) is 39.0 Å². The molecule has 2 saturated carbocycles. The summed E-state index contributed by atoms with van der Waals surface area (Å²) in [6.07, 6.45) is 13.1. The van der Waals surface area contributed by atoms with Crippen LogP contribution < -0.4 is 0 Å². The maximum atomic E-state index is 12.8. The molecule has 0 unspecified atom stereocenters. The average molecular weight is 349 g/mol. The molecule has 3 aliphatic rings. The molecule has 142 valence electrons. The fraction of sp³-hybridized carbons (Fsp3) is 0.905. The molecule has 0 spiro atoms. The Balaban J connectivity index is 1.40. The maximum absolute atomic E-state index is 12.8. The summed E-state index contributed by atoms with van der Waals surface area (Å²) in [7, 11) is 0. The van der Waals surface area contributed by atoms with Crippen molar-refractivity contribution in [3.05, 3.63) is 0 Å². The van der Waals surface area contributed by atoms with Gasteiger partial charge < -0.3 is 9.80 Å². The van der Waals surface area contributed by atoms with Crippen LogP contribution in [0.4, 0.5) is 0 Å². The van der Waals surface area contributed by atoms with Gasteiger partial charge in [-0.25, -0.2) is 0 Å². The second-order valence-electron chi connectivity index (χ2n) is 8.49. The minimum Gasteiger partial charge on any atom is -0.339 e. The zero-order chi connectivity index (χ0) is 17.6. The van der Waals surface area contributed by atoms with Gasteiger partial charge in [0.05, 0.1) is 0 Å². The van der Waals surface area contributed by atoms with E-state index in [9.17, 15) is 9.59 Å². The van der Waals surface area contributed by atoms with E-state index in [4.69, 9.17) is 0 Å². The van der Waals surface area contributed by atoms with Crippen molar-refractivity contribution >= 4 is 11.8 Å². The molecular formula is C21H36N2O2. The third kappa shape index (κ3) is 4.77. The molecule has 0 N–H and O–H groups in total. The van der Waals surface area contributed by atoms with E-state index in [-0.39, 0.29) is 11.8 Å². The Bertz CT molecular complexity index is 443. The third-order valence-electron chi connectivity index (χ3n) is 6.77. The van der Waals surface area contributed by atoms with E-state index in [0.29, 0.717) is 11.8 Å². The number of hydrogen-bond acceptors (Lipinski definition) is 2. The molecular weight excluding hydrogens is 312 g/mol. The summed E-state index contributed by atoms with van der Waals surface area (Å²) in [6.45, 7) is 5.23. The first-order chi connectivity index (χ1) is 12.2. The van der Waals surface area contributed by atoms with Crippen LogP contribution in [0.5, 0.6) is 0 Å². The van der Waals surface area contributed by atoms with Gasteiger partial charge >= 0.3 is 0 Å². The van der Waals surface area contributed by atoms with E-state index < -0.39 is 0 Å². The quantitative estimate of drug-likeness (QED) is 0.757. The van der Waals surface area contributed by atoms with Crippen LogP contribution in [0.15, 0.2) is 0 Å². The van der Waals surface area contributed by atoms with E-state index >= 15 is 0 Å². The molecule has 3 rings (SSSR count). The van der Waals surface area contributed by atoms with Crippen molar-refractivity contribution in [2.45, 2.75) is 77.6 Å². The molecule has 2 aliphatic carbocycles. The standard InChI is InChI=1S/C21H36N2O2/c1-2-3-6-17-9-11-19(12-10-17)21(25)23-15-13-22(14-16-23)20(24)18-7-4-5-8-18/h17-19H,2-16H2,1H3. The van der Waals surface area contributed by atoms with Gasteiger partial charge in [0.1, 0.15) is 0 Å². The lowest BCUT2D eigenvalue weighted by Crippen LogP contribution is -2.53. The fourth-order valence-electron chi connectivity index (χ4n) is 5.03. The first-order valence-corrected chi connectivity index (χ1v) is 10.8. The molecule has 0 aromatic heterocycles. The van der Waals surface area contributed by atoms with Crippen LogP contribution in [0.1, 0.15) is 77.6 Å². The molecule has 1 aliphatic heterocycles. The number of hydrogen-bond donors (Lipinski definition) is 0. The first kappa shape index (κ1) is 18.7. The Morgan fingerprint density at radius 1 is 0.760 bits per heavy atom. The molecule has 0 aromatic rings. The van der Waals surface area contributed by atoms with E-state index in [0.717, 1.165) is 57.8 Å². The van der Waals surface area contributed by atoms with Crippen molar-refractivity contribution in [1.82, 2.24) is 9.80 Å². The van der Waals surface area contributed by atoms with E-state index in [1.165, 1.54) is 44.9 Å². The van der Waals surface area contributed by atoms with Crippen molar-refractivity contribution in [3.63, 3.8) is 0 Å². The Labute approximate surface area is 153 Å². The molecule has 4 nitrogen and oxygen atoms in total. The first-order valence-electron chi connectivity index (χ1n) is 10.8.